The first-order chi connectivity index (χ1) is 8.36. The number of para-hydroxylation sites is 1. The smallest absolute Gasteiger partial charge is 0.383 e. The first-order valence-corrected chi connectivity index (χ1v) is 6.33. The minimum absolute atomic E-state index is 0.0189. The van der Waals surface area contributed by atoms with Crippen LogP contribution in [0, 0.1) is 5.92 Å². The Morgan fingerprint density at radius 1 is 1.33 bits per heavy atom. The van der Waals surface area contributed by atoms with Crippen LogP contribution in [0.1, 0.15) is 32.3 Å². The Balaban J connectivity index is 2.87. The van der Waals surface area contributed by atoms with Crippen molar-refractivity contribution in [1.29, 1.82) is 0 Å². The molecular formula is C13H17ClF3N. The molecule has 0 aliphatic rings. The quantitative estimate of drug-likeness (QED) is 0.780. The van der Waals surface area contributed by atoms with Gasteiger partial charge in [0, 0.05) is 6.54 Å². The van der Waals surface area contributed by atoms with E-state index in [1.54, 1.807) is 0 Å². The molecule has 0 radical (unpaired) electrons. The van der Waals surface area contributed by atoms with E-state index in [4.69, 9.17) is 11.6 Å². The Kier molecular flexibility index (Phi) is 5.32. The van der Waals surface area contributed by atoms with Gasteiger partial charge in [-0.15, -0.1) is 0 Å². The van der Waals surface area contributed by atoms with Gasteiger partial charge in [0.25, 0.3) is 0 Å². The fraction of sp³-hybridized carbons (Fsp3) is 0.538. The average molecular weight is 280 g/mol. The summed E-state index contributed by atoms with van der Waals surface area (Å²) in [5.41, 5.74) is -0.728. The summed E-state index contributed by atoms with van der Waals surface area (Å²) in [6, 6.07) is 3.81. The molecule has 5 heteroatoms. The standard InChI is InChI=1S/C13H17ClF3N/c1-3-5-9(2)8-18-12-10(13(15,16)17)6-4-7-11(12)14/h4,6-7,9,18H,3,5,8H2,1-2H3. The molecule has 1 nitrogen and oxygen atoms in total. The van der Waals surface area contributed by atoms with Crippen LogP contribution in [0.5, 0.6) is 0 Å². The highest BCUT2D eigenvalue weighted by molar-refractivity contribution is 6.33. The molecule has 18 heavy (non-hydrogen) atoms. The van der Waals surface area contributed by atoms with Crippen LogP contribution in [-0.4, -0.2) is 6.54 Å². The molecule has 1 atom stereocenters. The Morgan fingerprint density at radius 2 is 2.00 bits per heavy atom. The minimum Gasteiger partial charge on any atom is -0.383 e. The molecule has 0 saturated heterocycles. The van der Waals surface area contributed by atoms with Gasteiger partial charge in [-0.1, -0.05) is 37.9 Å². The number of halogens is 4. The summed E-state index contributed by atoms with van der Waals surface area (Å²) in [5, 5.41) is 2.93. The number of hydrogen-bond acceptors (Lipinski definition) is 1. The normalized spacial score (nSPS) is 13.4. The molecule has 0 bridgehead atoms. The van der Waals surface area contributed by atoms with Gasteiger partial charge in [0.1, 0.15) is 0 Å². The van der Waals surface area contributed by atoms with E-state index in [0.29, 0.717) is 12.5 Å². The molecule has 0 amide bonds. The van der Waals surface area contributed by atoms with Gasteiger partial charge in [0.05, 0.1) is 16.3 Å². The summed E-state index contributed by atoms with van der Waals surface area (Å²) in [4.78, 5) is 0. The van der Waals surface area contributed by atoms with Crippen LogP contribution in [0.15, 0.2) is 18.2 Å². The largest absolute Gasteiger partial charge is 0.418 e. The topological polar surface area (TPSA) is 12.0 Å². The molecule has 102 valence electrons. The summed E-state index contributed by atoms with van der Waals surface area (Å²) in [6.07, 6.45) is -2.41. The van der Waals surface area contributed by atoms with Gasteiger partial charge in [-0.25, -0.2) is 0 Å². The monoisotopic (exact) mass is 279 g/mol. The summed E-state index contributed by atoms with van der Waals surface area (Å²) >= 11 is 5.83. The molecule has 0 fully saturated rings. The lowest BCUT2D eigenvalue weighted by atomic mass is 10.1. The molecule has 1 rings (SSSR count). The summed E-state index contributed by atoms with van der Waals surface area (Å²) < 4.78 is 38.4. The van der Waals surface area contributed by atoms with Gasteiger partial charge < -0.3 is 5.32 Å². The van der Waals surface area contributed by atoms with Crippen molar-refractivity contribution in [3.8, 4) is 0 Å². The van der Waals surface area contributed by atoms with Crippen LogP contribution in [0.25, 0.3) is 0 Å². The highest BCUT2D eigenvalue weighted by Crippen LogP contribution is 2.38. The van der Waals surface area contributed by atoms with Crippen molar-refractivity contribution in [2.24, 2.45) is 5.92 Å². The molecular weight excluding hydrogens is 263 g/mol. The van der Waals surface area contributed by atoms with Gasteiger partial charge in [-0.3, -0.25) is 0 Å². The fourth-order valence-corrected chi connectivity index (χ4v) is 2.05. The molecule has 0 aliphatic carbocycles. The minimum atomic E-state index is -4.39. The van der Waals surface area contributed by atoms with Crippen LogP contribution < -0.4 is 5.32 Å². The lowest BCUT2D eigenvalue weighted by molar-refractivity contribution is -0.136. The maximum atomic E-state index is 12.8. The predicted octanol–water partition coefficient (Wildman–Crippen LogP) is 5.21. The molecule has 0 saturated carbocycles. The van der Waals surface area contributed by atoms with Crippen LogP contribution >= 0.6 is 11.6 Å². The maximum Gasteiger partial charge on any atom is 0.418 e. The van der Waals surface area contributed by atoms with E-state index in [-0.39, 0.29) is 10.7 Å². The second kappa shape index (κ2) is 6.32. The van der Waals surface area contributed by atoms with Crippen LogP contribution in [-0.2, 0) is 6.18 Å². The fourth-order valence-electron chi connectivity index (χ4n) is 1.81. The number of hydrogen-bond donors (Lipinski definition) is 1. The average Bonchev–Trinajstić information content (AvgIpc) is 2.26. The van der Waals surface area contributed by atoms with Crippen molar-refractivity contribution in [2.45, 2.75) is 32.9 Å². The molecule has 0 spiro atoms. The summed E-state index contributed by atoms with van der Waals surface area (Å²) in [5.74, 6) is 0.312. The van der Waals surface area contributed by atoms with Crippen molar-refractivity contribution in [1.82, 2.24) is 0 Å². The second-order valence-electron chi connectivity index (χ2n) is 4.43. The van der Waals surface area contributed by atoms with Gasteiger partial charge in [0.15, 0.2) is 0 Å². The van der Waals surface area contributed by atoms with E-state index in [9.17, 15) is 13.2 Å². The van der Waals surface area contributed by atoms with Gasteiger partial charge in [0.2, 0.25) is 0 Å². The highest BCUT2D eigenvalue weighted by atomic mass is 35.5. The number of benzene rings is 1. The second-order valence-corrected chi connectivity index (χ2v) is 4.84. The Bertz CT molecular complexity index is 390. The summed E-state index contributed by atoms with van der Waals surface area (Å²) in [6.45, 7) is 4.54. The van der Waals surface area contributed by atoms with E-state index < -0.39 is 11.7 Å². The number of nitrogens with one attached hydrogen (secondary N) is 1. The first-order valence-electron chi connectivity index (χ1n) is 5.95. The van der Waals surface area contributed by atoms with Crippen LogP contribution in [0.2, 0.25) is 5.02 Å². The zero-order chi connectivity index (χ0) is 13.8. The first kappa shape index (κ1) is 15.2. The van der Waals surface area contributed by atoms with Gasteiger partial charge >= 0.3 is 6.18 Å². The lowest BCUT2D eigenvalue weighted by Crippen LogP contribution is -2.16. The Hall–Kier alpha value is -0.900. The molecule has 1 N–H and O–H groups in total. The van der Waals surface area contributed by atoms with Gasteiger partial charge in [-0.05, 0) is 24.5 Å². The van der Waals surface area contributed by atoms with E-state index in [2.05, 4.69) is 5.32 Å². The van der Waals surface area contributed by atoms with Crippen molar-refractivity contribution >= 4 is 17.3 Å². The third-order valence-corrected chi connectivity index (χ3v) is 3.04. The SMILES string of the molecule is CCCC(C)CNc1c(Cl)cccc1C(F)(F)F. The number of alkyl halides is 3. The molecule has 1 unspecified atom stereocenters. The molecule has 0 heterocycles. The van der Waals surface area contributed by atoms with Crippen molar-refractivity contribution in [3.05, 3.63) is 28.8 Å². The summed E-state index contributed by atoms with van der Waals surface area (Å²) in [7, 11) is 0. The van der Waals surface area contributed by atoms with Crippen molar-refractivity contribution < 1.29 is 13.2 Å². The highest BCUT2D eigenvalue weighted by Gasteiger charge is 2.34. The predicted molar refractivity (Wildman–Crippen MR) is 69.0 cm³/mol. The molecule has 0 aliphatic heterocycles. The zero-order valence-electron chi connectivity index (χ0n) is 10.4. The maximum absolute atomic E-state index is 12.8. The third kappa shape index (κ3) is 4.09. The van der Waals surface area contributed by atoms with E-state index in [1.807, 2.05) is 13.8 Å². The molecule has 0 aromatic heterocycles. The third-order valence-electron chi connectivity index (χ3n) is 2.73. The molecule has 1 aromatic rings. The molecule has 1 aromatic carbocycles. The van der Waals surface area contributed by atoms with Crippen molar-refractivity contribution in [3.63, 3.8) is 0 Å². The van der Waals surface area contributed by atoms with E-state index in [0.717, 1.165) is 18.9 Å². The van der Waals surface area contributed by atoms with Gasteiger partial charge in [-0.2, -0.15) is 13.2 Å². The van der Waals surface area contributed by atoms with E-state index in [1.165, 1.54) is 12.1 Å². The van der Waals surface area contributed by atoms with E-state index >= 15 is 0 Å². The lowest BCUT2D eigenvalue weighted by Gasteiger charge is -2.18. The zero-order valence-corrected chi connectivity index (χ0v) is 11.2. The number of rotatable bonds is 5. The van der Waals surface area contributed by atoms with Crippen molar-refractivity contribution in [2.75, 3.05) is 11.9 Å². The Morgan fingerprint density at radius 3 is 2.56 bits per heavy atom. The van der Waals surface area contributed by atoms with Crippen LogP contribution in [0.4, 0.5) is 18.9 Å². The van der Waals surface area contributed by atoms with Crippen LogP contribution in [0.3, 0.4) is 0 Å². The number of anilines is 1. The Labute approximate surface area is 110 Å².